The molecule has 0 spiro atoms. The van der Waals surface area contributed by atoms with Gasteiger partial charge in [0.25, 0.3) is 0 Å². The van der Waals surface area contributed by atoms with Gasteiger partial charge in [-0.25, -0.2) is 0 Å². The van der Waals surface area contributed by atoms with E-state index in [-0.39, 0.29) is 0 Å². The van der Waals surface area contributed by atoms with Gasteiger partial charge in [-0.3, -0.25) is 9.59 Å². The Morgan fingerprint density at radius 1 is 1.21 bits per heavy atom. The number of nitrogens with two attached hydrogens (primary N) is 1. The first-order valence-corrected chi connectivity index (χ1v) is 4.39. The molecule has 0 saturated heterocycles. The Labute approximate surface area is 82.9 Å². The molecular weight excluding hydrogens is 186 g/mol. The van der Waals surface area contributed by atoms with Crippen LogP contribution in [-0.4, -0.2) is 43.2 Å². The Balaban J connectivity index is 4.00. The number of aliphatic carboxylic acids is 1. The smallest absolute Gasteiger partial charge is 0.320 e. The van der Waals surface area contributed by atoms with Crippen LogP contribution in [0.25, 0.3) is 0 Å². The largest absolute Gasteiger partial charge is 0.480 e. The van der Waals surface area contributed by atoms with E-state index in [1.165, 1.54) is 0 Å². The van der Waals surface area contributed by atoms with Crippen LogP contribution in [0, 0.1) is 0 Å². The number of carbonyl (C=O) groups excluding carboxylic acids is 1. The zero-order valence-corrected chi connectivity index (χ0v) is 8.41. The monoisotopic (exact) mass is 203 g/mol. The summed E-state index contributed by atoms with van der Waals surface area (Å²) in [7, 11) is 3.18. The van der Waals surface area contributed by atoms with Crippen LogP contribution in [0.2, 0.25) is 0 Å². The minimum absolute atomic E-state index is 0.361. The number of likely N-dealkylation sites (N-methyl/N-ethyl adjacent to an activating group) is 2. The van der Waals surface area contributed by atoms with E-state index in [0.717, 1.165) is 0 Å². The van der Waals surface area contributed by atoms with Gasteiger partial charge in [0.15, 0.2) is 0 Å². The second-order valence-corrected chi connectivity index (χ2v) is 3.00. The molecule has 2 atom stereocenters. The number of carboxylic acid groups (broad SMARTS) is 1. The molecular formula is C8H17N3O3. The molecule has 0 fully saturated rings. The standard InChI is InChI=1S/C8H17N3O3/c1-10-5(7(9)12)3-4-6(11-2)8(13)14/h5-6,10-11H,3-4H2,1-2H3,(H2,9,12)(H,13,14). The first-order valence-electron chi connectivity index (χ1n) is 4.39. The van der Waals surface area contributed by atoms with Crippen LogP contribution in [0.5, 0.6) is 0 Å². The van der Waals surface area contributed by atoms with Crippen LogP contribution in [0.3, 0.4) is 0 Å². The number of carboxylic acids is 1. The molecule has 0 radical (unpaired) electrons. The average molecular weight is 203 g/mol. The van der Waals surface area contributed by atoms with Crippen molar-refractivity contribution in [3.8, 4) is 0 Å². The highest BCUT2D eigenvalue weighted by atomic mass is 16.4. The minimum atomic E-state index is -0.924. The molecule has 0 saturated carbocycles. The summed E-state index contributed by atoms with van der Waals surface area (Å²) in [5.74, 6) is -1.39. The third-order valence-electron chi connectivity index (χ3n) is 2.08. The fraction of sp³-hybridized carbons (Fsp3) is 0.750. The molecule has 0 aliphatic carbocycles. The first kappa shape index (κ1) is 12.9. The SMILES string of the molecule is CNC(CCC(NC)C(=O)O)C(N)=O. The lowest BCUT2D eigenvalue weighted by atomic mass is 10.1. The van der Waals surface area contributed by atoms with Crippen molar-refractivity contribution in [2.75, 3.05) is 14.1 Å². The van der Waals surface area contributed by atoms with E-state index < -0.39 is 24.0 Å². The molecule has 2 unspecified atom stereocenters. The van der Waals surface area contributed by atoms with Gasteiger partial charge in [-0.1, -0.05) is 0 Å². The Kier molecular flexibility index (Phi) is 5.82. The van der Waals surface area contributed by atoms with Gasteiger partial charge in [0, 0.05) is 0 Å². The quantitative estimate of drug-likeness (QED) is 0.403. The summed E-state index contributed by atoms with van der Waals surface area (Å²) in [6, 6.07) is -1.10. The highest BCUT2D eigenvalue weighted by Gasteiger charge is 2.19. The fourth-order valence-corrected chi connectivity index (χ4v) is 1.15. The summed E-state index contributed by atoms with van der Waals surface area (Å²) in [6.07, 6.45) is 0.768. The normalized spacial score (nSPS) is 14.7. The van der Waals surface area contributed by atoms with Crippen molar-refractivity contribution in [3.63, 3.8) is 0 Å². The molecule has 0 aliphatic rings. The third-order valence-corrected chi connectivity index (χ3v) is 2.08. The zero-order valence-electron chi connectivity index (χ0n) is 8.41. The van der Waals surface area contributed by atoms with E-state index in [4.69, 9.17) is 10.8 Å². The van der Waals surface area contributed by atoms with E-state index in [1.807, 2.05) is 0 Å². The van der Waals surface area contributed by atoms with Gasteiger partial charge < -0.3 is 21.5 Å². The molecule has 0 bridgehead atoms. The zero-order chi connectivity index (χ0) is 11.1. The highest BCUT2D eigenvalue weighted by Crippen LogP contribution is 2.01. The maximum Gasteiger partial charge on any atom is 0.320 e. The summed E-state index contributed by atoms with van der Waals surface area (Å²) in [5, 5.41) is 14.1. The number of nitrogens with one attached hydrogen (secondary N) is 2. The number of rotatable bonds is 7. The van der Waals surface area contributed by atoms with Gasteiger partial charge in [0.05, 0.1) is 6.04 Å². The Morgan fingerprint density at radius 2 is 1.64 bits per heavy atom. The van der Waals surface area contributed by atoms with E-state index in [9.17, 15) is 9.59 Å². The van der Waals surface area contributed by atoms with Crippen molar-refractivity contribution < 1.29 is 14.7 Å². The van der Waals surface area contributed by atoms with Crippen molar-refractivity contribution in [1.82, 2.24) is 10.6 Å². The van der Waals surface area contributed by atoms with Crippen LogP contribution in [-0.2, 0) is 9.59 Å². The van der Waals surface area contributed by atoms with Crippen LogP contribution in [0.1, 0.15) is 12.8 Å². The van der Waals surface area contributed by atoms with Gasteiger partial charge in [-0.05, 0) is 26.9 Å². The van der Waals surface area contributed by atoms with E-state index in [2.05, 4.69) is 10.6 Å². The van der Waals surface area contributed by atoms with Crippen molar-refractivity contribution in [2.45, 2.75) is 24.9 Å². The maximum absolute atomic E-state index is 10.8. The van der Waals surface area contributed by atoms with Gasteiger partial charge in [-0.15, -0.1) is 0 Å². The number of hydrogen-bond donors (Lipinski definition) is 4. The molecule has 0 aromatic heterocycles. The number of amides is 1. The molecule has 82 valence electrons. The van der Waals surface area contributed by atoms with Crippen LogP contribution < -0.4 is 16.4 Å². The topological polar surface area (TPSA) is 104 Å². The lowest BCUT2D eigenvalue weighted by Crippen LogP contribution is -2.42. The predicted molar refractivity (Wildman–Crippen MR) is 51.8 cm³/mol. The summed E-state index contributed by atoms with van der Waals surface area (Å²) in [5.41, 5.74) is 5.08. The molecule has 0 aliphatic heterocycles. The second-order valence-electron chi connectivity index (χ2n) is 3.00. The van der Waals surface area contributed by atoms with E-state index in [0.29, 0.717) is 12.8 Å². The van der Waals surface area contributed by atoms with E-state index in [1.54, 1.807) is 14.1 Å². The van der Waals surface area contributed by atoms with Crippen molar-refractivity contribution >= 4 is 11.9 Å². The average Bonchev–Trinajstić information content (AvgIpc) is 2.11. The lowest BCUT2D eigenvalue weighted by Gasteiger charge is -2.15. The molecule has 5 N–H and O–H groups in total. The molecule has 6 heteroatoms. The summed E-state index contributed by atoms with van der Waals surface area (Å²) < 4.78 is 0. The van der Waals surface area contributed by atoms with Crippen LogP contribution >= 0.6 is 0 Å². The maximum atomic E-state index is 10.8. The van der Waals surface area contributed by atoms with E-state index >= 15 is 0 Å². The lowest BCUT2D eigenvalue weighted by molar-refractivity contribution is -0.139. The van der Waals surface area contributed by atoms with Crippen LogP contribution in [0.4, 0.5) is 0 Å². The molecule has 0 heterocycles. The first-order chi connectivity index (χ1) is 6.52. The molecule has 0 aromatic carbocycles. The number of primary amides is 1. The van der Waals surface area contributed by atoms with Gasteiger partial charge in [0.1, 0.15) is 6.04 Å². The molecule has 6 nitrogen and oxygen atoms in total. The van der Waals surface area contributed by atoms with Crippen molar-refractivity contribution in [1.29, 1.82) is 0 Å². The van der Waals surface area contributed by atoms with Gasteiger partial charge in [0.2, 0.25) is 5.91 Å². The van der Waals surface area contributed by atoms with Gasteiger partial charge in [-0.2, -0.15) is 0 Å². The second kappa shape index (κ2) is 6.33. The summed E-state index contributed by atoms with van der Waals surface area (Å²) in [6.45, 7) is 0. The Bertz CT molecular complexity index is 186. The Hall–Kier alpha value is -1.14. The minimum Gasteiger partial charge on any atom is -0.480 e. The number of hydrogen-bond acceptors (Lipinski definition) is 4. The molecule has 14 heavy (non-hydrogen) atoms. The fourth-order valence-electron chi connectivity index (χ4n) is 1.15. The highest BCUT2D eigenvalue weighted by molar-refractivity contribution is 5.80. The molecule has 0 aromatic rings. The Morgan fingerprint density at radius 3 is 1.93 bits per heavy atom. The molecule has 0 rings (SSSR count). The number of carbonyl (C=O) groups is 2. The predicted octanol–water partition coefficient (Wildman–Crippen LogP) is -1.49. The van der Waals surface area contributed by atoms with Crippen LogP contribution in [0.15, 0.2) is 0 Å². The summed E-state index contributed by atoms with van der Waals surface area (Å²) in [4.78, 5) is 21.4. The van der Waals surface area contributed by atoms with Gasteiger partial charge >= 0.3 is 5.97 Å². The molecule has 1 amide bonds. The van der Waals surface area contributed by atoms with Crippen molar-refractivity contribution in [2.24, 2.45) is 5.73 Å². The summed E-state index contributed by atoms with van der Waals surface area (Å²) >= 11 is 0. The van der Waals surface area contributed by atoms with Crippen molar-refractivity contribution in [3.05, 3.63) is 0 Å². The third kappa shape index (κ3) is 4.20.